The third-order valence-electron chi connectivity index (χ3n) is 3.04. The van der Waals surface area contributed by atoms with Gasteiger partial charge in [0.1, 0.15) is 17.6 Å². The molecule has 19 heavy (non-hydrogen) atoms. The molecule has 2 rings (SSSR count). The molecule has 0 aliphatic heterocycles. The Bertz CT molecular complexity index is 506. The Morgan fingerprint density at radius 2 is 2.05 bits per heavy atom. The number of benzene rings is 1. The lowest BCUT2D eigenvalue weighted by Gasteiger charge is -2.17. The van der Waals surface area contributed by atoms with E-state index in [0.29, 0.717) is 6.61 Å². The van der Waals surface area contributed by atoms with E-state index in [1.54, 1.807) is 6.20 Å². The maximum atomic E-state index is 5.68. The van der Waals surface area contributed by atoms with Gasteiger partial charge in [-0.05, 0) is 31.5 Å². The van der Waals surface area contributed by atoms with Crippen molar-refractivity contribution >= 4 is 0 Å². The Morgan fingerprint density at radius 3 is 2.63 bits per heavy atom. The van der Waals surface area contributed by atoms with Gasteiger partial charge < -0.3 is 9.30 Å². The van der Waals surface area contributed by atoms with Gasteiger partial charge in [-0.2, -0.15) is 0 Å². The molecule has 5 nitrogen and oxygen atoms in total. The highest BCUT2D eigenvalue weighted by Gasteiger charge is 2.17. The molecule has 1 aromatic carbocycles. The molecule has 0 saturated heterocycles. The highest BCUT2D eigenvalue weighted by molar-refractivity contribution is 5.32. The van der Waals surface area contributed by atoms with Crippen LogP contribution in [0.4, 0.5) is 0 Å². The van der Waals surface area contributed by atoms with E-state index in [9.17, 15) is 0 Å². The van der Waals surface area contributed by atoms with Crippen molar-refractivity contribution in [3.05, 3.63) is 48.0 Å². The number of nitrogens with one attached hydrogen (secondary N) is 1. The average molecular weight is 260 g/mol. The maximum Gasteiger partial charge on any atom is 0.131 e. The van der Waals surface area contributed by atoms with Gasteiger partial charge in [-0.15, -0.1) is 0 Å². The van der Waals surface area contributed by atoms with Gasteiger partial charge in [0.2, 0.25) is 0 Å². The second-order valence-corrected chi connectivity index (χ2v) is 4.17. The topological polar surface area (TPSA) is 65.1 Å². The fraction of sp³-hybridized carbons (Fsp3) is 0.357. The predicted octanol–water partition coefficient (Wildman–Crippen LogP) is 1.85. The molecular weight excluding hydrogens is 240 g/mol. The van der Waals surface area contributed by atoms with Crippen molar-refractivity contribution in [1.29, 1.82) is 0 Å². The first-order chi connectivity index (χ1) is 9.30. The Morgan fingerprint density at radius 1 is 1.32 bits per heavy atom. The van der Waals surface area contributed by atoms with Gasteiger partial charge in [-0.1, -0.05) is 12.1 Å². The summed E-state index contributed by atoms with van der Waals surface area (Å²) in [5.41, 5.74) is 3.88. The number of imidazole rings is 1. The first-order valence-electron chi connectivity index (χ1n) is 6.50. The van der Waals surface area contributed by atoms with Crippen LogP contribution < -0.4 is 16.0 Å². The normalized spacial score (nSPS) is 12.4. The SMILES string of the molecule is CCOc1ccc(C(NN)c2nccn2CC)cc1. The monoisotopic (exact) mass is 260 g/mol. The summed E-state index contributed by atoms with van der Waals surface area (Å²) in [6, 6.07) is 7.78. The zero-order valence-electron chi connectivity index (χ0n) is 11.3. The van der Waals surface area contributed by atoms with Crippen LogP contribution in [0.2, 0.25) is 0 Å². The van der Waals surface area contributed by atoms with Crippen molar-refractivity contribution in [2.24, 2.45) is 5.84 Å². The summed E-state index contributed by atoms with van der Waals surface area (Å²) >= 11 is 0. The molecule has 1 atom stereocenters. The van der Waals surface area contributed by atoms with Gasteiger partial charge in [0, 0.05) is 18.9 Å². The van der Waals surface area contributed by atoms with E-state index in [1.807, 2.05) is 37.4 Å². The van der Waals surface area contributed by atoms with Gasteiger partial charge in [0.15, 0.2) is 0 Å². The first kappa shape index (κ1) is 13.6. The number of hydrogen-bond donors (Lipinski definition) is 2. The molecule has 1 unspecified atom stereocenters. The van der Waals surface area contributed by atoms with Crippen LogP contribution in [0.1, 0.15) is 31.3 Å². The highest BCUT2D eigenvalue weighted by atomic mass is 16.5. The average Bonchev–Trinajstić information content (AvgIpc) is 2.90. The third kappa shape index (κ3) is 2.94. The smallest absolute Gasteiger partial charge is 0.131 e. The van der Waals surface area contributed by atoms with Gasteiger partial charge in [0.05, 0.1) is 6.61 Å². The number of ether oxygens (including phenoxy) is 1. The zero-order valence-corrected chi connectivity index (χ0v) is 11.3. The van der Waals surface area contributed by atoms with E-state index >= 15 is 0 Å². The van der Waals surface area contributed by atoms with Gasteiger partial charge in [-0.25, -0.2) is 10.4 Å². The molecule has 0 fully saturated rings. The van der Waals surface area contributed by atoms with Crippen LogP contribution in [0, 0.1) is 0 Å². The van der Waals surface area contributed by atoms with Crippen molar-refractivity contribution in [2.75, 3.05) is 6.61 Å². The number of aryl methyl sites for hydroxylation is 1. The van der Waals surface area contributed by atoms with E-state index in [0.717, 1.165) is 23.7 Å². The van der Waals surface area contributed by atoms with Gasteiger partial charge in [-0.3, -0.25) is 5.84 Å². The molecule has 0 radical (unpaired) electrons. The van der Waals surface area contributed by atoms with Crippen LogP contribution in [0.5, 0.6) is 5.75 Å². The number of nitrogens with two attached hydrogens (primary N) is 1. The number of hydrazine groups is 1. The molecule has 0 amide bonds. The molecule has 0 aliphatic rings. The zero-order chi connectivity index (χ0) is 13.7. The summed E-state index contributed by atoms with van der Waals surface area (Å²) in [4.78, 5) is 4.38. The lowest BCUT2D eigenvalue weighted by Crippen LogP contribution is -2.31. The molecule has 3 N–H and O–H groups in total. The van der Waals surface area contributed by atoms with E-state index < -0.39 is 0 Å². The summed E-state index contributed by atoms with van der Waals surface area (Å²) in [5.74, 6) is 7.45. The van der Waals surface area contributed by atoms with Gasteiger partial charge in [0.25, 0.3) is 0 Å². The van der Waals surface area contributed by atoms with Crippen LogP contribution in [0.3, 0.4) is 0 Å². The van der Waals surface area contributed by atoms with E-state index in [1.165, 1.54) is 0 Å². The molecule has 0 aliphatic carbocycles. The summed E-state index contributed by atoms with van der Waals surface area (Å²) < 4.78 is 7.51. The fourth-order valence-corrected chi connectivity index (χ4v) is 2.09. The Labute approximate surface area is 113 Å². The molecule has 0 bridgehead atoms. The number of rotatable bonds is 6. The first-order valence-corrected chi connectivity index (χ1v) is 6.50. The summed E-state index contributed by atoms with van der Waals surface area (Å²) in [6.07, 6.45) is 3.74. The second kappa shape index (κ2) is 6.36. The lowest BCUT2D eigenvalue weighted by molar-refractivity contribution is 0.340. The Hall–Kier alpha value is -1.85. The van der Waals surface area contributed by atoms with Crippen molar-refractivity contribution in [3.63, 3.8) is 0 Å². The van der Waals surface area contributed by atoms with Crippen LogP contribution in [0.15, 0.2) is 36.7 Å². The quantitative estimate of drug-likeness (QED) is 0.614. The number of hydrogen-bond acceptors (Lipinski definition) is 4. The minimum atomic E-state index is -0.120. The maximum absolute atomic E-state index is 5.68. The van der Waals surface area contributed by atoms with E-state index in [-0.39, 0.29) is 6.04 Å². The summed E-state index contributed by atoms with van der Waals surface area (Å²) in [6.45, 7) is 5.58. The molecule has 5 heteroatoms. The highest BCUT2D eigenvalue weighted by Crippen LogP contribution is 2.22. The molecular formula is C14H20N4O. The molecule has 0 spiro atoms. The summed E-state index contributed by atoms with van der Waals surface area (Å²) in [5, 5.41) is 0. The largest absolute Gasteiger partial charge is 0.494 e. The molecule has 1 aromatic heterocycles. The van der Waals surface area contributed by atoms with Crippen LogP contribution in [-0.4, -0.2) is 16.2 Å². The van der Waals surface area contributed by atoms with Crippen LogP contribution in [-0.2, 0) is 6.54 Å². The predicted molar refractivity (Wildman–Crippen MR) is 74.7 cm³/mol. The van der Waals surface area contributed by atoms with Crippen LogP contribution >= 0.6 is 0 Å². The van der Waals surface area contributed by atoms with Gasteiger partial charge >= 0.3 is 0 Å². The molecule has 102 valence electrons. The number of aromatic nitrogens is 2. The van der Waals surface area contributed by atoms with Crippen LogP contribution in [0.25, 0.3) is 0 Å². The van der Waals surface area contributed by atoms with Crippen molar-refractivity contribution in [1.82, 2.24) is 15.0 Å². The molecule has 1 heterocycles. The van der Waals surface area contributed by atoms with Crippen molar-refractivity contribution in [2.45, 2.75) is 26.4 Å². The minimum absolute atomic E-state index is 0.120. The lowest BCUT2D eigenvalue weighted by atomic mass is 10.1. The van der Waals surface area contributed by atoms with E-state index in [4.69, 9.17) is 10.6 Å². The summed E-state index contributed by atoms with van der Waals surface area (Å²) in [7, 11) is 0. The standard InChI is InChI=1S/C14H20N4O/c1-3-18-10-9-16-14(18)13(17-15)11-5-7-12(8-6-11)19-4-2/h5-10,13,17H,3-4,15H2,1-2H3. The minimum Gasteiger partial charge on any atom is -0.494 e. The second-order valence-electron chi connectivity index (χ2n) is 4.17. The van der Waals surface area contributed by atoms with Crippen molar-refractivity contribution in [3.8, 4) is 5.75 Å². The Kier molecular flexibility index (Phi) is 4.54. The van der Waals surface area contributed by atoms with E-state index in [2.05, 4.69) is 21.9 Å². The Balaban J connectivity index is 2.26. The molecule has 2 aromatic rings. The fourth-order valence-electron chi connectivity index (χ4n) is 2.09. The third-order valence-corrected chi connectivity index (χ3v) is 3.04. The molecule has 0 saturated carbocycles. The number of nitrogens with zero attached hydrogens (tertiary/aromatic N) is 2. The van der Waals surface area contributed by atoms with Crippen molar-refractivity contribution < 1.29 is 4.74 Å².